The second kappa shape index (κ2) is 10.1. The van der Waals surface area contributed by atoms with Crippen LogP contribution in [0, 0.1) is 17.1 Å². The molecule has 0 aliphatic rings. The molecule has 0 unspecified atom stereocenters. The third kappa shape index (κ3) is 5.71. The molecule has 3 aromatic carbocycles. The van der Waals surface area contributed by atoms with Crippen molar-refractivity contribution in [2.45, 2.75) is 13.5 Å². The van der Waals surface area contributed by atoms with Crippen molar-refractivity contribution in [3.05, 3.63) is 94.8 Å². The Kier molecular flexibility index (Phi) is 7.02. The number of carbonyl (C=O) groups is 1. The summed E-state index contributed by atoms with van der Waals surface area (Å²) in [5, 5.41) is 18.6. The van der Waals surface area contributed by atoms with E-state index in [1.807, 2.05) is 6.92 Å². The summed E-state index contributed by atoms with van der Waals surface area (Å²) in [6, 6.07) is 19.7. The van der Waals surface area contributed by atoms with Crippen molar-refractivity contribution in [3.8, 4) is 17.6 Å². The summed E-state index contributed by atoms with van der Waals surface area (Å²) in [5.74, 6) is -0.338. The van der Waals surface area contributed by atoms with Gasteiger partial charge in [-0.1, -0.05) is 30.3 Å². The van der Waals surface area contributed by atoms with Crippen molar-refractivity contribution in [1.29, 1.82) is 5.26 Å². The number of aromatic carboxylic acids is 1. The number of hydrogen-bond acceptors (Lipinski definition) is 4. The predicted octanol–water partition coefficient (Wildman–Crippen LogP) is 5.57. The number of rotatable bonds is 8. The molecular weight excluding hydrogens is 397 g/mol. The number of ether oxygens (including phenoxy) is 2. The molecule has 0 aromatic heterocycles. The highest BCUT2D eigenvalue weighted by Crippen LogP contribution is 2.31. The quantitative estimate of drug-likeness (QED) is 0.383. The Morgan fingerprint density at radius 1 is 1.03 bits per heavy atom. The maximum absolute atomic E-state index is 13.4. The molecule has 0 aliphatic carbocycles. The first-order chi connectivity index (χ1) is 15.0. The van der Waals surface area contributed by atoms with Crippen LogP contribution in [0.5, 0.6) is 11.5 Å². The highest BCUT2D eigenvalue weighted by atomic mass is 19.1. The minimum absolute atomic E-state index is 0.152. The number of halogens is 1. The zero-order chi connectivity index (χ0) is 22.2. The molecule has 31 heavy (non-hydrogen) atoms. The standard InChI is InChI=1S/C25H20FNO4/c1-2-30-24-14-17(6-11-23(24)31-16-18-4-3-5-22(26)13-18)12-21(15-27)19-7-9-20(10-8-19)25(28)29/h3-14H,2,16H2,1H3,(H,28,29). The molecular formula is C25H20FNO4. The van der Waals surface area contributed by atoms with Crippen LogP contribution in [0.4, 0.5) is 4.39 Å². The Morgan fingerprint density at radius 3 is 2.42 bits per heavy atom. The summed E-state index contributed by atoms with van der Waals surface area (Å²) in [5.41, 5.74) is 2.56. The number of carboxylic acid groups (broad SMARTS) is 1. The highest BCUT2D eigenvalue weighted by Gasteiger charge is 2.09. The summed E-state index contributed by atoms with van der Waals surface area (Å²) in [7, 11) is 0. The number of benzene rings is 3. The van der Waals surface area contributed by atoms with Gasteiger partial charge in [-0.3, -0.25) is 0 Å². The molecule has 5 nitrogen and oxygen atoms in total. The van der Waals surface area contributed by atoms with Crippen molar-refractivity contribution >= 4 is 17.6 Å². The van der Waals surface area contributed by atoms with E-state index in [1.165, 1.54) is 24.3 Å². The summed E-state index contributed by atoms with van der Waals surface area (Å²) < 4.78 is 24.8. The van der Waals surface area contributed by atoms with Gasteiger partial charge in [-0.05, 0) is 66.1 Å². The largest absolute Gasteiger partial charge is 0.490 e. The number of hydrogen-bond donors (Lipinski definition) is 1. The fourth-order valence-corrected chi connectivity index (χ4v) is 2.93. The zero-order valence-corrected chi connectivity index (χ0v) is 16.8. The monoisotopic (exact) mass is 417 g/mol. The second-order valence-electron chi connectivity index (χ2n) is 6.61. The average Bonchev–Trinajstić information content (AvgIpc) is 2.77. The number of nitrogens with zero attached hydrogens (tertiary/aromatic N) is 1. The van der Waals surface area contributed by atoms with Crippen molar-refractivity contribution in [2.75, 3.05) is 6.61 Å². The molecule has 0 saturated carbocycles. The van der Waals surface area contributed by atoms with E-state index >= 15 is 0 Å². The number of allylic oxidation sites excluding steroid dienone is 1. The Balaban J connectivity index is 1.84. The van der Waals surface area contributed by atoms with Gasteiger partial charge in [0.1, 0.15) is 12.4 Å². The molecule has 3 aromatic rings. The van der Waals surface area contributed by atoms with Gasteiger partial charge in [-0.15, -0.1) is 0 Å². The van der Waals surface area contributed by atoms with Gasteiger partial charge in [0.05, 0.1) is 23.8 Å². The lowest BCUT2D eigenvalue weighted by molar-refractivity contribution is 0.0697. The maximum Gasteiger partial charge on any atom is 0.335 e. The highest BCUT2D eigenvalue weighted by molar-refractivity contribution is 5.92. The van der Waals surface area contributed by atoms with Gasteiger partial charge < -0.3 is 14.6 Å². The van der Waals surface area contributed by atoms with Crippen LogP contribution in [-0.2, 0) is 6.61 Å². The van der Waals surface area contributed by atoms with E-state index < -0.39 is 5.97 Å². The van der Waals surface area contributed by atoms with Crippen LogP contribution in [0.25, 0.3) is 11.6 Å². The zero-order valence-electron chi connectivity index (χ0n) is 16.8. The van der Waals surface area contributed by atoms with E-state index in [4.69, 9.17) is 14.6 Å². The first-order valence-corrected chi connectivity index (χ1v) is 9.59. The van der Waals surface area contributed by atoms with Crippen LogP contribution >= 0.6 is 0 Å². The first kappa shape index (κ1) is 21.6. The molecule has 0 radical (unpaired) electrons. The SMILES string of the molecule is CCOc1cc(C=C(C#N)c2ccc(C(=O)O)cc2)ccc1OCc1cccc(F)c1. The van der Waals surface area contributed by atoms with Crippen molar-refractivity contribution in [2.24, 2.45) is 0 Å². The summed E-state index contributed by atoms with van der Waals surface area (Å²) >= 11 is 0. The maximum atomic E-state index is 13.4. The van der Waals surface area contributed by atoms with E-state index in [0.29, 0.717) is 34.8 Å². The molecule has 0 saturated heterocycles. The molecule has 0 heterocycles. The van der Waals surface area contributed by atoms with Crippen LogP contribution in [0.15, 0.2) is 66.7 Å². The number of nitriles is 1. The third-order valence-corrected chi connectivity index (χ3v) is 4.43. The van der Waals surface area contributed by atoms with Crippen molar-refractivity contribution in [3.63, 3.8) is 0 Å². The fraction of sp³-hybridized carbons (Fsp3) is 0.120. The Morgan fingerprint density at radius 2 is 1.77 bits per heavy atom. The smallest absolute Gasteiger partial charge is 0.335 e. The van der Waals surface area contributed by atoms with Crippen LogP contribution in [-0.4, -0.2) is 17.7 Å². The lowest BCUT2D eigenvalue weighted by Gasteiger charge is -2.13. The summed E-state index contributed by atoms with van der Waals surface area (Å²) in [6.07, 6.45) is 1.69. The van der Waals surface area contributed by atoms with Gasteiger partial charge >= 0.3 is 5.97 Å². The van der Waals surface area contributed by atoms with Gasteiger partial charge in [-0.2, -0.15) is 5.26 Å². The lowest BCUT2D eigenvalue weighted by atomic mass is 10.0. The van der Waals surface area contributed by atoms with Gasteiger partial charge in [-0.25, -0.2) is 9.18 Å². The van der Waals surface area contributed by atoms with Crippen molar-refractivity contribution in [1.82, 2.24) is 0 Å². The molecule has 0 atom stereocenters. The average molecular weight is 417 g/mol. The van der Waals surface area contributed by atoms with Crippen LogP contribution in [0.2, 0.25) is 0 Å². The van der Waals surface area contributed by atoms with Crippen LogP contribution in [0.1, 0.15) is 34.0 Å². The molecule has 0 fully saturated rings. The van der Waals surface area contributed by atoms with Crippen molar-refractivity contribution < 1.29 is 23.8 Å². The fourth-order valence-electron chi connectivity index (χ4n) is 2.93. The Bertz CT molecular complexity index is 1150. The minimum Gasteiger partial charge on any atom is -0.490 e. The Labute approximate surface area is 179 Å². The molecule has 156 valence electrons. The van der Waals surface area contributed by atoms with E-state index in [0.717, 1.165) is 5.56 Å². The molecule has 0 spiro atoms. The summed E-state index contributed by atoms with van der Waals surface area (Å²) in [6.45, 7) is 2.46. The third-order valence-electron chi connectivity index (χ3n) is 4.43. The topological polar surface area (TPSA) is 79.5 Å². The first-order valence-electron chi connectivity index (χ1n) is 9.59. The van der Waals surface area contributed by atoms with E-state index in [-0.39, 0.29) is 18.0 Å². The summed E-state index contributed by atoms with van der Waals surface area (Å²) in [4.78, 5) is 11.0. The molecule has 0 amide bonds. The predicted molar refractivity (Wildman–Crippen MR) is 115 cm³/mol. The number of carboxylic acids is 1. The second-order valence-corrected chi connectivity index (χ2v) is 6.61. The van der Waals surface area contributed by atoms with E-state index in [2.05, 4.69) is 6.07 Å². The molecule has 1 N–H and O–H groups in total. The molecule has 0 aliphatic heterocycles. The molecule has 6 heteroatoms. The van der Waals surface area contributed by atoms with Crippen LogP contribution < -0.4 is 9.47 Å². The van der Waals surface area contributed by atoms with Crippen LogP contribution in [0.3, 0.4) is 0 Å². The van der Waals surface area contributed by atoms with Gasteiger partial charge in [0.15, 0.2) is 11.5 Å². The van der Waals surface area contributed by atoms with E-state index in [9.17, 15) is 14.4 Å². The molecule has 3 rings (SSSR count). The van der Waals surface area contributed by atoms with Gasteiger partial charge in [0.2, 0.25) is 0 Å². The normalized spacial score (nSPS) is 10.9. The van der Waals surface area contributed by atoms with Gasteiger partial charge in [0, 0.05) is 0 Å². The Hall–Kier alpha value is -4.11. The van der Waals surface area contributed by atoms with E-state index in [1.54, 1.807) is 48.5 Å². The van der Waals surface area contributed by atoms with Gasteiger partial charge in [0.25, 0.3) is 0 Å². The lowest BCUT2D eigenvalue weighted by Crippen LogP contribution is -2.00. The molecule has 0 bridgehead atoms. The minimum atomic E-state index is -1.02.